The fraction of sp³-hybridized carbons (Fsp3) is 0.0588. The van der Waals surface area contributed by atoms with Crippen molar-refractivity contribution >= 4 is 54.9 Å². The summed E-state index contributed by atoms with van der Waals surface area (Å²) in [6.07, 6.45) is 3.16. The first kappa shape index (κ1) is 15.7. The highest BCUT2D eigenvalue weighted by molar-refractivity contribution is 7.98. The quantitative estimate of drug-likeness (QED) is 0.353. The Labute approximate surface area is 159 Å². The van der Waals surface area contributed by atoms with Gasteiger partial charge in [0.2, 0.25) is 0 Å². The number of hydrogen-bond donors (Lipinski definition) is 1. The molecule has 0 aliphatic rings. The highest BCUT2D eigenvalue weighted by atomic mass is 32.2. The molecule has 0 fully saturated rings. The molecule has 0 atom stereocenters. The second-order valence-corrected chi connectivity index (χ2v) is 8.16. The highest BCUT2D eigenvalue weighted by Crippen LogP contribution is 2.32. The minimum absolute atomic E-state index is 0.151. The fourth-order valence-electron chi connectivity index (χ4n) is 2.68. The van der Waals surface area contributed by atoms with Crippen LogP contribution in [0.1, 0.15) is 5.82 Å². The first-order chi connectivity index (χ1) is 12.8. The maximum atomic E-state index is 12.6. The van der Waals surface area contributed by atoms with Crippen molar-refractivity contribution in [1.29, 1.82) is 0 Å². The number of hydrogen-bond acceptors (Lipinski definition) is 8. The fourth-order valence-corrected chi connectivity index (χ4v) is 5.44. The number of nitrogens with zero attached hydrogens (tertiary/aromatic N) is 3. The zero-order chi connectivity index (χ0) is 17.5. The van der Waals surface area contributed by atoms with Crippen molar-refractivity contribution in [2.75, 3.05) is 0 Å². The smallest absolute Gasteiger partial charge is 0.260 e. The van der Waals surface area contributed by atoms with Crippen LogP contribution in [-0.4, -0.2) is 19.9 Å². The van der Waals surface area contributed by atoms with E-state index in [-0.39, 0.29) is 5.56 Å². The summed E-state index contributed by atoms with van der Waals surface area (Å²) in [4.78, 5) is 29.4. The maximum Gasteiger partial charge on any atom is 0.260 e. The third kappa shape index (κ3) is 2.64. The van der Waals surface area contributed by atoms with E-state index in [1.807, 2.05) is 22.9 Å². The van der Waals surface area contributed by atoms with Gasteiger partial charge in [-0.1, -0.05) is 11.8 Å². The first-order valence-electron chi connectivity index (χ1n) is 7.65. The molecule has 0 aromatic carbocycles. The standard InChI is InChI=1S/C17H10N4O2S3/c22-15-13-9(11-2-1-4-23-11)6-25-16(13)21-12(20-15)7-26-17-14-10(3-5-24-14)18-8-19-17/h1-6,8H,7H2,(H,20,21,22). The van der Waals surface area contributed by atoms with Crippen LogP contribution >= 0.6 is 34.4 Å². The molecule has 0 radical (unpaired) electrons. The van der Waals surface area contributed by atoms with Gasteiger partial charge in [0.1, 0.15) is 27.8 Å². The third-order valence-electron chi connectivity index (χ3n) is 3.84. The highest BCUT2D eigenvalue weighted by Gasteiger charge is 2.15. The van der Waals surface area contributed by atoms with E-state index in [2.05, 4.69) is 19.9 Å². The molecule has 0 saturated heterocycles. The van der Waals surface area contributed by atoms with Gasteiger partial charge in [0, 0.05) is 10.9 Å². The summed E-state index contributed by atoms with van der Waals surface area (Å²) in [5.41, 5.74) is 1.56. The lowest BCUT2D eigenvalue weighted by Crippen LogP contribution is -2.10. The second-order valence-electron chi connectivity index (χ2n) is 5.42. The van der Waals surface area contributed by atoms with Crippen LogP contribution in [0, 0.1) is 0 Å². The van der Waals surface area contributed by atoms with E-state index in [4.69, 9.17) is 4.42 Å². The molecule has 0 bridgehead atoms. The molecule has 5 aromatic rings. The maximum absolute atomic E-state index is 12.6. The van der Waals surface area contributed by atoms with E-state index >= 15 is 0 Å². The van der Waals surface area contributed by atoms with Crippen LogP contribution in [0.5, 0.6) is 0 Å². The van der Waals surface area contributed by atoms with Crippen molar-refractivity contribution < 1.29 is 4.42 Å². The number of H-pyrrole nitrogens is 1. The van der Waals surface area contributed by atoms with Crippen LogP contribution in [0.15, 0.2) is 55.8 Å². The van der Waals surface area contributed by atoms with Gasteiger partial charge in [-0.2, -0.15) is 0 Å². The number of thiophene rings is 2. The molecule has 5 rings (SSSR count). The van der Waals surface area contributed by atoms with Crippen molar-refractivity contribution in [3.05, 3.63) is 57.7 Å². The molecule has 0 amide bonds. The number of aromatic nitrogens is 4. The topological polar surface area (TPSA) is 84.7 Å². The molecule has 0 aliphatic heterocycles. The second kappa shape index (κ2) is 6.35. The Bertz CT molecular complexity index is 1270. The molecule has 5 heterocycles. The van der Waals surface area contributed by atoms with Gasteiger partial charge < -0.3 is 9.40 Å². The van der Waals surface area contributed by atoms with Crippen molar-refractivity contribution in [3.63, 3.8) is 0 Å². The summed E-state index contributed by atoms with van der Waals surface area (Å²) in [6, 6.07) is 5.62. The van der Waals surface area contributed by atoms with E-state index in [1.165, 1.54) is 11.3 Å². The van der Waals surface area contributed by atoms with Crippen molar-refractivity contribution in [2.45, 2.75) is 10.8 Å². The van der Waals surface area contributed by atoms with Crippen molar-refractivity contribution in [3.8, 4) is 11.3 Å². The minimum Gasteiger partial charge on any atom is -0.464 e. The normalized spacial score (nSPS) is 11.5. The van der Waals surface area contributed by atoms with Crippen LogP contribution in [0.3, 0.4) is 0 Å². The van der Waals surface area contributed by atoms with Gasteiger partial charge in [0.15, 0.2) is 0 Å². The first-order valence-corrected chi connectivity index (χ1v) is 10.4. The van der Waals surface area contributed by atoms with Crippen LogP contribution in [-0.2, 0) is 5.75 Å². The summed E-state index contributed by atoms with van der Waals surface area (Å²) in [5.74, 6) is 1.83. The van der Waals surface area contributed by atoms with E-state index in [0.29, 0.717) is 27.6 Å². The molecule has 5 aromatic heterocycles. The Morgan fingerprint density at radius 1 is 1.23 bits per heavy atom. The van der Waals surface area contributed by atoms with Crippen molar-refractivity contribution in [1.82, 2.24) is 19.9 Å². The molecular formula is C17H10N4O2S3. The Morgan fingerprint density at radius 2 is 2.19 bits per heavy atom. The summed E-state index contributed by atoms with van der Waals surface area (Å²) in [7, 11) is 0. The molecule has 0 saturated carbocycles. The van der Waals surface area contributed by atoms with Gasteiger partial charge in [-0.25, -0.2) is 15.0 Å². The summed E-state index contributed by atoms with van der Waals surface area (Å²) < 4.78 is 6.47. The monoisotopic (exact) mass is 398 g/mol. The zero-order valence-electron chi connectivity index (χ0n) is 13.1. The molecule has 9 heteroatoms. The number of thioether (sulfide) groups is 1. The van der Waals surface area contributed by atoms with Crippen LogP contribution in [0.25, 0.3) is 31.8 Å². The Morgan fingerprint density at radius 3 is 3.08 bits per heavy atom. The van der Waals surface area contributed by atoms with Gasteiger partial charge in [-0.15, -0.1) is 22.7 Å². The summed E-state index contributed by atoms with van der Waals surface area (Å²) in [5, 5.41) is 5.37. The van der Waals surface area contributed by atoms with Gasteiger partial charge in [-0.05, 0) is 23.6 Å². The number of furan rings is 1. The lowest BCUT2D eigenvalue weighted by Gasteiger charge is -2.02. The number of fused-ring (bicyclic) bond motifs is 2. The Hall–Kier alpha value is -2.49. The third-order valence-corrected chi connectivity index (χ3v) is 6.75. The predicted molar refractivity (Wildman–Crippen MR) is 105 cm³/mol. The molecule has 128 valence electrons. The van der Waals surface area contributed by atoms with E-state index in [0.717, 1.165) is 20.8 Å². The molecule has 26 heavy (non-hydrogen) atoms. The lowest BCUT2D eigenvalue weighted by atomic mass is 10.2. The van der Waals surface area contributed by atoms with Gasteiger partial charge in [0.25, 0.3) is 5.56 Å². The SMILES string of the molecule is O=c1[nH]c(CSc2ncnc3ccsc23)nc2scc(-c3ccco3)c12. The lowest BCUT2D eigenvalue weighted by molar-refractivity contribution is 0.583. The number of nitrogens with one attached hydrogen (secondary N) is 1. The predicted octanol–water partition coefficient (Wildman–Crippen LogP) is 4.54. The van der Waals surface area contributed by atoms with Gasteiger partial charge >= 0.3 is 0 Å². The minimum atomic E-state index is -0.151. The Balaban J connectivity index is 1.49. The van der Waals surface area contributed by atoms with Crippen molar-refractivity contribution in [2.24, 2.45) is 0 Å². The molecule has 0 unspecified atom stereocenters. The average molecular weight is 398 g/mol. The number of rotatable bonds is 4. The van der Waals surface area contributed by atoms with E-state index in [1.54, 1.807) is 41.8 Å². The largest absolute Gasteiger partial charge is 0.464 e. The summed E-state index contributed by atoms with van der Waals surface area (Å²) in [6.45, 7) is 0. The molecule has 6 nitrogen and oxygen atoms in total. The molecule has 0 spiro atoms. The molecular weight excluding hydrogens is 388 g/mol. The van der Waals surface area contributed by atoms with Gasteiger partial charge in [-0.3, -0.25) is 4.79 Å². The number of aromatic amines is 1. The average Bonchev–Trinajstić information content (AvgIpc) is 3.38. The summed E-state index contributed by atoms with van der Waals surface area (Å²) >= 11 is 4.59. The van der Waals surface area contributed by atoms with Crippen LogP contribution in [0.2, 0.25) is 0 Å². The van der Waals surface area contributed by atoms with E-state index in [9.17, 15) is 4.79 Å². The molecule has 0 aliphatic carbocycles. The molecule has 1 N–H and O–H groups in total. The van der Waals surface area contributed by atoms with E-state index < -0.39 is 0 Å². The van der Waals surface area contributed by atoms with Gasteiger partial charge in [0.05, 0.1) is 27.6 Å². The zero-order valence-corrected chi connectivity index (χ0v) is 15.6. The van der Waals surface area contributed by atoms with Crippen LogP contribution in [0.4, 0.5) is 0 Å². The Kier molecular flexibility index (Phi) is 3.84. The van der Waals surface area contributed by atoms with Crippen LogP contribution < -0.4 is 5.56 Å².